The van der Waals surface area contributed by atoms with Crippen LogP contribution in [0.3, 0.4) is 0 Å². The predicted molar refractivity (Wildman–Crippen MR) is 231 cm³/mol. The predicted octanol–water partition coefficient (Wildman–Crippen LogP) is 14.3. The third-order valence-corrected chi connectivity index (χ3v) is 11.5. The first-order chi connectivity index (χ1) is 27.3. The van der Waals surface area contributed by atoms with Gasteiger partial charge in [0.25, 0.3) is 0 Å². The van der Waals surface area contributed by atoms with Crippen molar-refractivity contribution in [3.63, 3.8) is 0 Å². The van der Waals surface area contributed by atoms with Crippen molar-refractivity contribution in [3.05, 3.63) is 194 Å². The Hall–Kier alpha value is -7.36. The van der Waals surface area contributed by atoms with Crippen LogP contribution in [-0.4, -0.2) is 9.13 Å². The SMILES string of the molecule is c1ccc2cc(-n3c4ccc(-c5ccc(-n6c7ccccc7c7ccccc76)cc5)cc4c4ccc(-c5cccc6c5oc5ccccc56)cc43)ccc2c1. The van der Waals surface area contributed by atoms with Crippen LogP contribution in [-0.2, 0) is 0 Å². The Morgan fingerprint density at radius 3 is 1.73 bits per heavy atom. The largest absolute Gasteiger partial charge is 0.455 e. The van der Waals surface area contributed by atoms with Gasteiger partial charge < -0.3 is 13.6 Å². The van der Waals surface area contributed by atoms with E-state index < -0.39 is 0 Å². The Labute approximate surface area is 316 Å². The molecule has 9 aromatic carbocycles. The van der Waals surface area contributed by atoms with E-state index in [0.717, 1.165) is 50.0 Å². The van der Waals surface area contributed by atoms with Gasteiger partial charge in [-0.1, -0.05) is 133 Å². The zero-order chi connectivity index (χ0) is 36.0. The summed E-state index contributed by atoms with van der Waals surface area (Å²) in [5, 5.41) is 9.71. The standard InChI is InChI=1S/C52H32N2O/c1-2-11-35-30-39(27-22-33(35)10-1)54-49-29-24-36(34-20-25-38(26-21-34)53-47-17-6-3-12-41(47)42-13-4-7-18-48(42)53)31-46(49)43-28-23-37(32-50(43)54)40-15-9-16-45-44-14-5-8-19-51(44)55-52(40)45/h1-32H. The van der Waals surface area contributed by atoms with Gasteiger partial charge in [0.15, 0.2) is 0 Å². The lowest BCUT2D eigenvalue weighted by Crippen LogP contribution is -1.94. The number of nitrogens with zero attached hydrogens (tertiary/aromatic N) is 2. The van der Waals surface area contributed by atoms with E-state index in [1.165, 1.54) is 60.0 Å². The van der Waals surface area contributed by atoms with Gasteiger partial charge >= 0.3 is 0 Å². The van der Waals surface area contributed by atoms with Gasteiger partial charge in [-0.05, 0) is 88.1 Å². The molecule has 0 radical (unpaired) electrons. The molecular weight excluding hydrogens is 669 g/mol. The summed E-state index contributed by atoms with van der Waals surface area (Å²) in [5.74, 6) is 0. The Kier molecular flexibility index (Phi) is 6.34. The molecule has 0 bridgehead atoms. The lowest BCUT2D eigenvalue weighted by atomic mass is 9.99. The molecule has 0 fully saturated rings. The highest BCUT2D eigenvalue weighted by atomic mass is 16.3. The summed E-state index contributed by atoms with van der Waals surface area (Å²) in [6.45, 7) is 0. The summed E-state index contributed by atoms with van der Waals surface area (Å²) in [7, 11) is 0. The van der Waals surface area contributed by atoms with Crippen molar-refractivity contribution in [1.29, 1.82) is 0 Å². The number of benzene rings is 9. The van der Waals surface area contributed by atoms with Crippen LogP contribution < -0.4 is 0 Å². The fraction of sp³-hybridized carbons (Fsp3) is 0. The first kappa shape index (κ1) is 30.1. The smallest absolute Gasteiger partial charge is 0.143 e. The summed E-state index contributed by atoms with van der Waals surface area (Å²) < 4.78 is 11.3. The molecule has 0 aliphatic rings. The lowest BCUT2D eigenvalue weighted by molar-refractivity contribution is 0.670. The molecular formula is C52H32N2O. The fourth-order valence-corrected chi connectivity index (χ4v) is 8.94. The van der Waals surface area contributed by atoms with Gasteiger partial charge in [0.05, 0.1) is 22.1 Å². The zero-order valence-electron chi connectivity index (χ0n) is 29.8. The van der Waals surface area contributed by atoms with E-state index in [0.29, 0.717) is 0 Å². The summed E-state index contributed by atoms with van der Waals surface area (Å²) in [5.41, 5.74) is 13.5. The average Bonchev–Trinajstić information content (AvgIpc) is 3.91. The highest BCUT2D eigenvalue weighted by molar-refractivity contribution is 6.14. The van der Waals surface area contributed by atoms with Crippen molar-refractivity contribution in [1.82, 2.24) is 9.13 Å². The molecule has 0 spiro atoms. The molecule has 3 heteroatoms. The van der Waals surface area contributed by atoms with Crippen LogP contribution in [0.15, 0.2) is 199 Å². The van der Waals surface area contributed by atoms with Gasteiger partial charge in [-0.15, -0.1) is 0 Å². The van der Waals surface area contributed by atoms with Gasteiger partial charge in [-0.3, -0.25) is 0 Å². The monoisotopic (exact) mass is 700 g/mol. The van der Waals surface area contributed by atoms with Gasteiger partial charge in [0.2, 0.25) is 0 Å². The summed E-state index contributed by atoms with van der Waals surface area (Å²) in [6, 6.07) is 70.3. The van der Waals surface area contributed by atoms with Crippen molar-refractivity contribution in [3.8, 4) is 33.6 Å². The van der Waals surface area contributed by atoms with E-state index in [2.05, 4.69) is 197 Å². The second-order valence-electron chi connectivity index (χ2n) is 14.5. The van der Waals surface area contributed by atoms with E-state index in [1.807, 2.05) is 6.07 Å². The highest BCUT2D eigenvalue weighted by Gasteiger charge is 2.18. The molecule has 0 saturated heterocycles. The highest BCUT2D eigenvalue weighted by Crippen LogP contribution is 2.41. The number of fused-ring (bicyclic) bond motifs is 10. The van der Waals surface area contributed by atoms with Crippen LogP contribution in [0.2, 0.25) is 0 Å². The van der Waals surface area contributed by atoms with Crippen molar-refractivity contribution in [2.45, 2.75) is 0 Å². The number of hydrogen-bond acceptors (Lipinski definition) is 1. The summed E-state index contributed by atoms with van der Waals surface area (Å²) in [6.07, 6.45) is 0. The minimum absolute atomic E-state index is 0.909. The summed E-state index contributed by atoms with van der Waals surface area (Å²) in [4.78, 5) is 0. The van der Waals surface area contributed by atoms with Gasteiger partial charge in [0, 0.05) is 49.3 Å². The van der Waals surface area contributed by atoms with Crippen LogP contribution in [0.5, 0.6) is 0 Å². The number of rotatable bonds is 4. The van der Waals surface area contributed by atoms with Crippen molar-refractivity contribution in [2.24, 2.45) is 0 Å². The molecule has 256 valence electrons. The number of hydrogen-bond donors (Lipinski definition) is 0. The van der Waals surface area contributed by atoms with Gasteiger partial charge in [-0.25, -0.2) is 0 Å². The number of furan rings is 1. The molecule has 0 atom stereocenters. The zero-order valence-corrected chi connectivity index (χ0v) is 29.8. The second kappa shape index (κ2) is 11.6. The number of aromatic nitrogens is 2. The molecule has 3 heterocycles. The first-order valence-electron chi connectivity index (χ1n) is 18.8. The van der Waals surface area contributed by atoms with E-state index >= 15 is 0 Å². The maximum Gasteiger partial charge on any atom is 0.143 e. The molecule has 0 aliphatic carbocycles. The molecule has 12 aromatic rings. The van der Waals surface area contributed by atoms with E-state index in [4.69, 9.17) is 4.42 Å². The van der Waals surface area contributed by atoms with Crippen LogP contribution in [0.1, 0.15) is 0 Å². The normalized spacial score (nSPS) is 12.0. The molecule has 55 heavy (non-hydrogen) atoms. The quantitative estimate of drug-likeness (QED) is 0.179. The third kappa shape index (κ3) is 4.50. The van der Waals surface area contributed by atoms with Gasteiger partial charge in [-0.2, -0.15) is 0 Å². The van der Waals surface area contributed by atoms with Crippen LogP contribution in [0, 0.1) is 0 Å². The van der Waals surface area contributed by atoms with Crippen molar-refractivity contribution < 1.29 is 4.42 Å². The molecule has 0 N–H and O–H groups in total. The lowest BCUT2D eigenvalue weighted by Gasteiger charge is -2.11. The molecule has 12 rings (SSSR count). The fourth-order valence-electron chi connectivity index (χ4n) is 8.94. The molecule has 0 unspecified atom stereocenters. The average molecular weight is 701 g/mol. The maximum atomic E-state index is 6.50. The van der Waals surface area contributed by atoms with Crippen LogP contribution >= 0.6 is 0 Å². The van der Waals surface area contributed by atoms with Crippen molar-refractivity contribution >= 4 is 76.3 Å². The first-order valence-corrected chi connectivity index (χ1v) is 18.8. The topological polar surface area (TPSA) is 23.0 Å². The Morgan fingerprint density at radius 2 is 0.909 bits per heavy atom. The van der Waals surface area contributed by atoms with Gasteiger partial charge in [0.1, 0.15) is 11.2 Å². The van der Waals surface area contributed by atoms with E-state index in [1.54, 1.807) is 0 Å². The number of para-hydroxylation sites is 4. The van der Waals surface area contributed by atoms with Crippen molar-refractivity contribution in [2.75, 3.05) is 0 Å². The molecule has 0 amide bonds. The van der Waals surface area contributed by atoms with E-state index in [-0.39, 0.29) is 0 Å². The second-order valence-corrected chi connectivity index (χ2v) is 14.5. The minimum atomic E-state index is 0.909. The Balaban J connectivity index is 1.04. The van der Waals surface area contributed by atoms with Crippen LogP contribution in [0.4, 0.5) is 0 Å². The molecule has 0 saturated carbocycles. The minimum Gasteiger partial charge on any atom is -0.455 e. The maximum absolute atomic E-state index is 6.50. The third-order valence-electron chi connectivity index (χ3n) is 11.5. The Morgan fingerprint density at radius 1 is 0.309 bits per heavy atom. The molecule has 0 aliphatic heterocycles. The molecule has 3 nitrogen and oxygen atoms in total. The van der Waals surface area contributed by atoms with Crippen LogP contribution in [0.25, 0.3) is 110 Å². The summed E-state index contributed by atoms with van der Waals surface area (Å²) >= 11 is 0. The molecule has 3 aromatic heterocycles. The Bertz CT molecular complexity index is 3430. The van der Waals surface area contributed by atoms with E-state index in [9.17, 15) is 0 Å².